The van der Waals surface area contributed by atoms with Crippen LogP contribution in [-0.2, 0) is 6.42 Å². The van der Waals surface area contributed by atoms with Crippen LogP contribution >= 0.6 is 23.2 Å². The van der Waals surface area contributed by atoms with E-state index in [9.17, 15) is 9.18 Å². The first kappa shape index (κ1) is 26.1. The molecular formula is C26H19Cl2F2N7O2. The van der Waals surface area contributed by atoms with Gasteiger partial charge in [-0.05, 0) is 42.5 Å². The van der Waals surface area contributed by atoms with Gasteiger partial charge in [-0.3, -0.25) is 9.36 Å². The number of hydrogen-bond acceptors (Lipinski definition) is 7. The van der Waals surface area contributed by atoms with Crippen molar-refractivity contribution in [1.29, 1.82) is 0 Å². The molecule has 0 bridgehead atoms. The fraction of sp³-hybridized carbons (Fsp3) is 0.0769. The Hall–Kier alpha value is -4.48. The maximum atomic E-state index is 15.5. The molecule has 5 rings (SSSR count). The summed E-state index contributed by atoms with van der Waals surface area (Å²) >= 11 is 12.2. The average Bonchev–Trinajstić information content (AvgIpc) is 3.51. The van der Waals surface area contributed by atoms with Gasteiger partial charge in [0, 0.05) is 29.8 Å². The van der Waals surface area contributed by atoms with E-state index in [4.69, 9.17) is 39.1 Å². The smallest absolute Gasteiger partial charge is 0.312 e. The zero-order valence-electron chi connectivity index (χ0n) is 20.0. The van der Waals surface area contributed by atoms with Crippen molar-refractivity contribution < 1.29 is 18.0 Å². The number of nitrogens with one attached hydrogen (secondary N) is 1. The molecule has 5 aromatic rings. The van der Waals surface area contributed by atoms with E-state index < -0.39 is 17.5 Å². The van der Waals surface area contributed by atoms with E-state index in [-0.39, 0.29) is 44.5 Å². The van der Waals surface area contributed by atoms with Crippen molar-refractivity contribution in [3.63, 3.8) is 0 Å². The summed E-state index contributed by atoms with van der Waals surface area (Å²) in [6.45, 7) is 0.369. The fourth-order valence-corrected chi connectivity index (χ4v) is 4.44. The summed E-state index contributed by atoms with van der Waals surface area (Å²) in [7, 11) is 0. The Balaban J connectivity index is 1.71. The second kappa shape index (κ2) is 10.7. The second-order valence-electron chi connectivity index (χ2n) is 8.29. The zero-order chi connectivity index (χ0) is 27.7. The summed E-state index contributed by atoms with van der Waals surface area (Å²) in [5.74, 6) is -1.80. The maximum absolute atomic E-state index is 15.5. The van der Waals surface area contributed by atoms with Crippen LogP contribution < -0.4 is 16.8 Å². The minimum atomic E-state index is -0.882. The minimum absolute atomic E-state index is 0.0101. The normalized spacial score (nSPS) is 11.1. The molecule has 198 valence electrons. The number of aromatic nitrogens is 4. The lowest BCUT2D eigenvalue weighted by Crippen LogP contribution is -2.13. The molecule has 0 radical (unpaired) electrons. The highest BCUT2D eigenvalue weighted by Crippen LogP contribution is 2.38. The summed E-state index contributed by atoms with van der Waals surface area (Å²) in [5.41, 5.74) is 12.5. The van der Waals surface area contributed by atoms with E-state index in [1.807, 2.05) is 0 Å². The number of rotatable bonds is 8. The lowest BCUT2D eigenvalue weighted by molar-refractivity contribution is 0.0996. The Morgan fingerprint density at radius 2 is 1.82 bits per heavy atom. The Labute approximate surface area is 230 Å². The molecule has 0 spiro atoms. The number of hydrogen-bond donors (Lipinski definition) is 3. The monoisotopic (exact) mass is 569 g/mol. The van der Waals surface area contributed by atoms with Crippen molar-refractivity contribution in [1.82, 2.24) is 19.7 Å². The summed E-state index contributed by atoms with van der Waals surface area (Å²) in [6, 6.07) is 15.3. The van der Waals surface area contributed by atoms with Gasteiger partial charge in [-0.25, -0.2) is 13.8 Å². The predicted octanol–water partition coefficient (Wildman–Crippen LogP) is 5.51. The summed E-state index contributed by atoms with van der Waals surface area (Å²) in [5, 5.41) is 10.4. The highest BCUT2D eigenvalue weighted by atomic mass is 35.5. The van der Waals surface area contributed by atoms with Crippen molar-refractivity contribution in [2.75, 3.05) is 17.6 Å². The fourth-order valence-electron chi connectivity index (χ4n) is 4.09. The van der Waals surface area contributed by atoms with Crippen LogP contribution in [0.25, 0.3) is 28.3 Å². The van der Waals surface area contributed by atoms with Crippen LogP contribution in [0, 0.1) is 11.6 Å². The number of anilines is 2. The molecular weight excluding hydrogens is 551 g/mol. The second-order valence-corrected chi connectivity index (χ2v) is 9.10. The number of primary amides is 1. The summed E-state index contributed by atoms with van der Waals surface area (Å²) < 4.78 is 36.1. The third-order valence-corrected chi connectivity index (χ3v) is 6.36. The standard InChI is InChI=1S/C26H19Cl2F2N7O2/c27-15-5-3-7-19(21(15)30)37-23(13-8-9-17(29)16(28)12-13)22(24(31)38)34-25(37)14-4-1-2-6-18(14)33-11-10-20-35-36-26(32)39-20/h1-9,12,33H,10-11H2,(H2,31,38)(H2,32,36). The van der Waals surface area contributed by atoms with Crippen LogP contribution in [0.4, 0.5) is 20.5 Å². The van der Waals surface area contributed by atoms with Crippen molar-refractivity contribution in [3.05, 3.63) is 93.9 Å². The van der Waals surface area contributed by atoms with Crippen LogP contribution in [0.15, 0.2) is 65.1 Å². The highest BCUT2D eigenvalue weighted by molar-refractivity contribution is 6.31. The molecule has 0 aliphatic heterocycles. The molecule has 0 saturated heterocycles. The van der Waals surface area contributed by atoms with Gasteiger partial charge in [-0.15, -0.1) is 5.10 Å². The number of carbonyl (C=O) groups is 1. The highest BCUT2D eigenvalue weighted by Gasteiger charge is 2.27. The van der Waals surface area contributed by atoms with E-state index in [1.165, 1.54) is 28.8 Å². The number of halogens is 4. The lowest BCUT2D eigenvalue weighted by Gasteiger charge is -2.17. The van der Waals surface area contributed by atoms with Crippen molar-refractivity contribution in [2.24, 2.45) is 5.73 Å². The first-order valence-electron chi connectivity index (χ1n) is 11.5. The lowest BCUT2D eigenvalue weighted by atomic mass is 10.1. The molecule has 0 unspecified atom stereocenters. The molecule has 0 saturated carbocycles. The number of amides is 1. The minimum Gasteiger partial charge on any atom is -0.408 e. The van der Waals surface area contributed by atoms with Crippen LogP contribution in [0.1, 0.15) is 16.4 Å². The predicted molar refractivity (Wildman–Crippen MR) is 144 cm³/mol. The first-order chi connectivity index (χ1) is 18.7. The largest absolute Gasteiger partial charge is 0.408 e. The van der Waals surface area contributed by atoms with E-state index >= 15 is 4.39 Å². The van der Waals surface area contributed by atoms with Crippen molar-refractivity contribution in [3.8, 4) is 28.3 Å². The maximum Gasteiger partial charge on any atom is 0.312 e. The van der Waals surface area contributed by atoms with Crippen LogP contribution in [0.3, 0.4) is 0 Å². The van der Waals surface area contributed by atoms with Crippen molar-refractivity contribution in [2.45, 2.75) is 6.42 Å². The zero-order valence-corrected chi connectivity index (χ0v) is 21.5. The van der Waals surface area contributed by atoms with Gasteiger partial charge in [-0.1, -0.05) is 46.5 Å². The van der Waals surface area contributed by atoms with Gasteiger partial charge in [-0.2, -0.15) is 0 Å². The number of para-hydroxylation sites is 1. The molecule has 5 N–H and O–H groups in total. The van der Waals surface area contributed by atoms with E-state index in [2.05, 4.69) is 20.5 Å². The molecule has 13 heteroatoms. The Morgan fingerprint density at radius 3 is 2.54 bits per heavy atom. The molecule has 2 heterocycles. The Bertz CT molecular complexity index is 1700. The topological polar surface area (TPSA) is 138 Å². The van der Waals surface area contributed by atoms with E-state index in [1.54, 1.807) is 30.3 Å². The van der Waals surface area contributed by atoms with E-state index in [0.717, 1.165) is 6.07 Å². The molecule has 0 atom stereocenters. The van der Waals surface area contributed by atoms with Gasteiger partial charge in [0.2, 0.25) is 5.89 Å². The molecule has 0 aliphatic rings. The number of benzene rings is 3. The van der Waals surface area contributed by atoms with Crippen molar-refractivity contribution >= 4 is 40.8 Å². The molecule has 0 fully saturated rings. The van der Waals surface area contributed by atoms with E-state index in [0.29, 0.717) is 30.1 Å². The van der Waals surface area contributed by atoms with Gasteiger partial charge >= 0.3 is 6.01 Å². The molecule has 2 aromatic heterocycles. The van der Waals surface area contributed by atoms with Crippen LogP contribution in [-0.4, -0.2) is 32.2 Å². The molecule has 39 heavy (non-hydrogen) atoms. The number of imidazole rings is 1. The number of nitrogen functional groups attached to an aromatic ring is 1. The average molecular weight is 570 g/mol. The van der Waals surface area contributed by atoms with Gasteiger partial charge in [0.25, 0.3) is 5.91 Å². The molecule has 9 nitrogen and oxygen atoms in total. The van der Waals surface area contributed by atoms with Gasteiger partial charge in [0.1, 0.15) is 11.6 Å². The summed E-state index contributed by atoms with van der Waals surface area (Å²) in [6.07, 6.45) is 0.363. The van der Waals surface area contributed by atoms with Gasteiger partial charge in [0.05, 0.1) is 21.4 Å². The third kappa shape index (κ3) is 5.14. The van der Waals surface area contributed by atoms with Crippen LogP contribution in [0.5, 0.6) is 0 Å². The first-order valence-corrected chi connectivity index (χ1v) is 12.2. The number of nitrogens with zero attached hydrogens (tertiary/aromatic N) is 4. The molecule has 1 amide bonds. The van der Waals surface area contributed by atoms with Crippen LogP contribution in [0.2, 0.25) is 10.0 Å². The number of carbonyl (C=O) groups excluding carboxylic acids is 1. The van der Waals surface area contributed by atoms with Gasteiger partial charge < -0.3 is 21.2 Å². The van der Waals surface area contributed by atoms with Gasteiger partial charge in [0.15, 0.2) is 11.5 Å². The Morgan fingerprint density at radius 1 is 1.03 bits per heavy atom. The third-order valence-electron chi connectivity index (χ3n) is 5.78. The SMILES string of the molecule is NC(=O)c1nc(-c2ccccc2NCCc2nnc(N)o2)n(-c2cccc(Cl)c2F)c1-c1ccc(F)c(Cl)c1. The Kier molecular flexibility index (Phi) is 7.18. The number of nitrogens with two attached hydrogens (primary N) is 2. The quantitative estimate of drug-likeness (QED) is 0.224. The molecule has 3 aromatic carbocycles. The summed E-state index contributed by atoms with van der Waals surface area (Å²) in [4.78, 5) is 17.1. The molecule has 0 aliphatic carbocycles.